The largest absolute Gasteiger partial charge is 0.491 e. The maximum Gasteiger partial charge on any atom is 0.239 e. The van der Waals surface area contributed by atoms with Crippen LogP contribution < -0.4 is 21.1 Å². The van der Waals surface area contributed by atoms with Crippen molar-refractivity contribution < 1.29 is 13.9 Å². The molecule has 1 aromatic rings. The van der Waals surface area contributed by atoms with E-state index in [9.17, 15) is 9.18 Å². The van der Waals surface area contributed by atoms with Gasteiger partial charge in [0.05, 0.1) is 24.5 Å². The smallest absolute Gasteiger partial charge is 0.239 e. The average Bonchev–Trinajstić information content (AvgIpc) is 2.30. The van der Waals surface area contributed by atoms with E-state index in [1.807, 2.05) is 13.8 Å². The van der Waals surface area contributed by atoms with E-state index in [0.717, 1.165) is 0 Å². The van der Waals surface area contributed by atoms with Crippen molar-refractivity contribution >= 4 is 17.3 Å². The van der Waals surface area contributed by atoms with Gasteiger partial charge in [0, 0.05) is 18.2 Å². The van der Waals surface area contributed by atoms with Crippen LogP contribution in [0.25, 0.3) is 0 Å². The van der Waals surface area contributed by atoms with Crippen molar-refractivity contribution in [3.8, 4) is 5.75 Å². The molecule has 106 valence electrons. The summed E-state index contributed by atoms with van der Waals surface area (Å²) in [6.07, 6.45) is 0. The fourth-order valence-corrected chi connectivity index (χ4v) is 1.54. The van der Waals surface area contributed by atoms with Gasteiger partial charge in [0.2, 0.25) is 5.91 Å². The quantitative estimate of drug-likeness (QED) is 0.688. The van der Waals surface area contributed by atoms with Crippen LogP contribution in [0.3, 0.4) is 0 Å². The van der Waals surface area contributed by atoms with Gasteiger partial charge in [-0.25, -0.2) is 4.39 Å². The Bertz CT molecular complexity index is 450. The molecule has 5 nitrogen and oxygen atoms in total. The summed E-state index contributed by atoms with van der Waals surface area (Å²) < 4.78 is 18.6. The SMILES string of the molecule is CCOc1cc(NCC(=O)NC(C)C)c(N)cc1F. The van der Waals surface area contributed by atoms with Gasteiger partial charge in [-0.3, -0.25) is 4.79 Å². The highest BCUT2D eigenvalue weighted by atomic mass is 19.1. The number of anilines is 2. The van der Waals surface area contributed by atoms with Crippen LogP contribution in [0, 0.1) is 5.82 Å². The lowest BCUT2D eigenvalue weighted by molar-refractivity contribution is -0.119. The number of nitrogen functional groups attached to an aromatic ring is 1. The number of amides is 1. The third kappa shape index (κ3) is 4.65. The van der Waals surface area contributed by atoms with Crippen molar-refractivity contribution in [2.75, 3.05) is 24.2 Å². The Morgan fingerprint density at radius 1 is 1.47 bits per heavy atom. The fraction of sp³-hybridized carbons (Fsp3) is 0.462. The number of hydrogen-bond donors (Lipinski definition) is 3. The molecule has 0 atom stereocenters. The third-order valence-corrected chi connectivity index (χ3v) is 2.29. The number of rotatable bonds is 6. The summed E-state index contributed by atoms with van der Waals surface area (Å²) in [5, 5.41) is 5.60. The van der Waals surface area contributed by atoms with Crippen LogP contribution >= 0.6 is 0 Å². The Morgan fingerprint density at radius 3 is 2.74 bits per heavy atom. The van der Waals surface area contributed by atoms with Crippen molar-refractivity contribution in [3.05, 3.63) is 17.9 Å². The number of halogens is 1. The van der Waals surface area contributed by atoms with Crippen molar-refractivity contribution in [3.63, 3.8) is 0 Å². The molecule has 6 heteroatoms. The van der Waals surface area contributed by atoms with Crippen LogP contribution in [0.1, 0.15) is 20.8 Å². The summed E-state index contributed by atoms with van der Waals surface area (Å²) in [5.41, 5.74) is 6.39. The van der Waals surface area contributed by atoms with Crippen LogP contribution in [0.15, 0.2) is 12.1 Å². The number of ether oxygens (including phenoxy) is 1. The van der Waals surface area contributed by atoms with Crippen LogP contribution in [0.4, 0.5) is 15.8 Å². The van der Waals surface area contributed by atoms with E-state index >= 15 is 0 Å². The van der Waals surface area contributed by atoms with Crippen LogP contribution in [0.5, 0.6) is 5.75 Å². The average molecular weight is 269 g/mol. The zero-order chi connectivity index (χ0) is 14.4. The molecular weight excluding hydrogens is 249 g/mol. The predicted octanol–water partition coefficient (Wildman–Crippen LogP) is 1.74. The van der Waals surface area contributed by atoms with Gasteiger partial charge in [-0.2, -0.15) is 0 Å². The highest BCUT2D eigenvalue weighted by Crippen LogP contribution is 2.28. The molecule has 0 spiro atoms. The van der Waals surface area contributed by atoms with E-state index in [0.29, 0.717) is 12.3 Å². The number of nitrogens with one attached hydrogen (secondary N) is 2. The first-order valence-corrected chi connectivity index (χ1v) is 6.19. The summed E-state index contributed by atoms with van der Waals surface area (Å²) in [5.74, 6) is -0.559. The second kappa shape index (κ2) is 6.82. The molecular formula is C13H20FN3O2. The summed E-state index contributed by atoms with van der Waals surface area (Å²) in [7, 11) is 0. The molecule has 0 aromatic heterocycles. The maximum atomic E-state index is 13.5. The van der Waals surface area contributed by atoms with E-state index in [1.165, 1.54) is 12.1 Å². The van der Waals surface area contributed by atoms with Crippen molar-refractivity contribution in [1.29, 1.82) is 0 Å². The number of hydrogen-bond acceptors (Lipinski definition) is 4. The summed E-state index contributed by atoms with van der Waals surface area (Å²) in [6.45, 7) is 5.93. The molecule has 0 fully saturated rings. The lowest BCUT2D eigenvalue weighted by Crippen LogP contribution is -2.34. The maximum absolute atomic E-state index is 13.5. The van der Waals surface area contributed by atoms with E-state index in [2.05, 4.69) is 10.6 Å². The minimum absolute atomic E-state index is 0.0684. The standard InChI is InChI=1S/C13H20FN3O2/c1-4-19-12-6-11(10(15)5-9(12)14)16-7-13(18)17-8(2)3/h5-6,8,16H,4,7,15H2,1-3H3,(H,17,18). The molecule has 0 radical (unpaired) electrons. The minimum Gasteiger partial charge on any atom is -0.491 e. The molecule has 0 aliphatic rings. The number of carbonyl (C=O) groups excluding carboxylic acids is 1. The molecule has 19 heavy (non-hydrogen) atoms. The molecule has 0 saturated carbocycles. The Labute approximate surface area is 112 Å². The molecule has 0 unspecified atom stereocenters. The predicted molar refractivity (Wildman–Crippen MR) is 73.7 cm³/mol. The first kappa shape index (κ1) is 15.1. The number of carbonyl (C=O) groups is 1. The molecule has 0 bridgehead atoms. The van der Waals surface area contributed by atoms with Crippen LogP contribution in [0.2, 0.25) is 0 Å². The summed E-state index contributed by atoms with van der Waals surface area (Å²) >= 11 is 0. The Hall–Kier alpha value is -1.98. The van der Waals surface area contributed by atoms with Gasteiger partial charge in [-0.05, 0) is 20.8 Å². The van der Waals surface area contributed by atoms with Gasteiger partial charge < -0.3 is 21.1 Å². The monoisotopic (exact) mass is 269 g/mol. The van der Waals surface area contributed by atoms with Gasteiger partial charge in [-0.15, -0.1) is 0 Å². The lowest BCUT2D eigenvalue weighted by Gasteiger charge is -2.13. The Morgan fingerprint density at radius 2 is 2.16 bits per heavy atom. The minimum atomic E-state index is -0.517. The molecule has 0 aliphatic heterocycles. The van der Waals surface area contributed by atoms with Crippen molar-refractivity contribution in [2.45, 2.75) is 26.8 Å². The normalized spacial score (nSPS) is 10.4. The molecule has 1 amide bonds. The second-order valence-corrected chi connectivity index (χ2v) is 4.38. The molecule has 0 aliphatic carbocycles. The van der Waals surface area contributed by atoms with Gasteiger partial charge >= 0.3 is 0 Å². The van der Waals surface area contributed by atoms with Gasteiger partial charge in [-0.1, -0.05) is 0 Å². The molecule has 1 aromatic carbocycles. The van der Waals surface area contributed by atoms with Crippen LogP contribution in [-0.4, -0.2) is 25.1 Å². The lowest BCUT2D eigenvalue weighted by atomic mass is 10.2. The second-order valence-electron chi connectivity index (χ2n) is 4.38. The highest BCUT2D eigenvalue weighted by molar-refractivity contribution is 5.82. The first-order valence-electron chi connectivity index (χ1n) is 6.19. The molecule has 0 saturated heterocycles. The highest BCUT2D eigenvalue weighted by Gasteiger charge is 2.10. The van der Waals surface area contributed by atoms with E-state index < -0.39 is 5.82 Å². The zero-order valence-electron chi connectivity index (χ0n) is 11.4. The van der Waals surface area contributed by atoms with Gasteiger partial charge in [0.25, 0.3) is 0 Å². The van der Waals surface area contributed by atoms with E-state index in [-0.39, 0.29) is 29.9 Å². The third-order valence-electron chi connectivity index (χ3n) is 2.29. The summed E-state index contributed by atoms with van der Waals surface area (Å²) in [4.78, 5) is 11.5. The number of nitrogens with two attached hydrogens (primary N) is 1. The van der Waals surface area contributed by atoms with Crippen molar-refractivity contribution in [1.82, 2.24) is 5.32 Å². The van der Waals surface area contributed by atoms with Gasteiger partial charge in [0.1, 0.15) is 0 Å². The van der Waals surface area contributed by atoms with Crippen molar-refractivity contribution in [2.24, 2.45) is 0 Å². The Kier molecular flexibility index (Phi) is 5.41. The molecule has 4 N–H and O–H groups in total. The topological polar surface area (TPSA) is 76.4 Å². The first-order chi connectivity index (χ1) is 8.93. The van der Waals surface area contributed by atoms with E-state index in [4.69, 9.17) is 10.5 Å². The summed E-state index contributed by atoms with van der Waals surface area (Å²) in [6, 6.07) is 2.70. The van der Waals surface area contributed by atoms with E-state index in [1.54, 1.807) is 6.92 Å². The molecule has 0 heterocycles. The van der Waals surface area contributed by atoms with Gasteiger partial charge in [0.15, 0.2) is 11.6 Å². The Balaban J connectivity index is 2.72. The molecule has 1 rings (SSSR count). The number of benzene rings is 1. The van der Waals surface area contributed by atoms with Crippen LogP contribution in [-0.2, 0) is 4.79 Å². The zero-order valence-corrected chi connectivity index (χ0v) is 11.4. The fourth-order valence-electron chi connectivity index (χ4n) is 1.54.